The number of amides is 1. The van der Waals surface area contributed by atoms with E-state index in [1.165, 1.54) is 0 Å². The molecule has 6 heteroatoms. The molecule has 0 aromatic heterocycles. The smallest absolute Gasteiger partial charge is 0.239 e. The topological polar surface area (TPSA) is 50.8 Å². The van der Waals surface area contributed by atoms with Gasteiger partial charge in [-0.3, -0.25) is 4.79 Å². The molecule has 1 aliphatic heterocycles. The quantitative estimate of drug-likeness (QED) is 0.870. The summed E-state index contributed by atoms with van der Waals surface area (Å²) in [6.45, 7) is 4.23. The van der Waals surface area contributed by atoms with Crippen molar-refractivity contribution in [3.05, 3.63) is 23.8 Å². The van der Waals surface area contributed by atoms with Crippen LogP contribution in [0.5, 0.6) is 11.5 Å². The van der Waals surface area contributed by atoms with Crippen molar-refractivity contribution < 1.29 is 14.3 Å². The van der Waals surface area contributed by atoms with Gasteiger partial charge in [-0.1, -0.05) is 6.07 Å². The molecule has 124 valence electrons. The lowest BCUT2D eigenvalue weighted by Crippen LogP contribution is -2.43. The van der Waals surface area contributed by atoms with Gasteiger partial charge in [0, 0.05) is 13.1 Å². The fourth-order valence-electron chi connectivity index (χ4n) is 2.66. The van der Waals surface area contributed by atoms with Crippen molar-refractivity contribution in [1.82, 2.24) is 10.2 Å². The van der Waals surface area contributed by atoms with E-state index < -0.39 is 0 Å². The molecule has 5 nitrogen and oxygen atoms in total. The maximum atomic E-state index is 12.5. The SMILES string of the molecule is CCN(Cc1ccc(OC)c(OC)c1)C(=O)C1CCCN1.Cl. The van der Waals surface area contributed by atoms with Crippen LogP contribution in [0.3, 0.4) is 0 Å². The fourth-order valence-corrected chi connectivity index (χ4v) is 2.66. The summed E-state index contributed by atoms with van der Waals surface area (Å²) in [4.78, 5) is 14.3. The molecule has 0 spiro atoms. The summed E-state index contributed by atoms with van der Waals surface area (Å²) in [5.74, 6) is 1.58. The van der Waals surface area contributed by atoms with Crippen LogP contribution in [0.4, 0.5) is 0 Å². The maximum Gasteiger partial charge on any atom is 0.239 e. The minimum absolute atomic E-state index is 0. The molecule has 1 heterocycles. The molecule has 1 amide bonds. The van der Waals surface area contributed by atoms with Crippen molar-refractivity contribution >= 4 is 18.3 Å². The highest BCUT2D eigenvalue weighted by molar-refractivity contribution is 5.85. The van der Waals surface area contributed by atoms with Crippen LogP contribution in [0, 0.1) is 0 Å². The zero-order valence-corrected chi connectivity index (χ0v) is 14.2. The number of carbonyl (C=O) groups excluding carboxylic acids is 1. The molecule has 1 fully saturated rings. The lowest BCUT2D eigenvalue weighted by atomic mass is 10.1. The molecule has 0 bridgehead atoms. The Balaban J connectivity index is 0.00000242. The number of halogens is 1. The Labute approximate surface area is 138 Å². The van der Waals surface area contributed by atoms with Crippen molar-refractivity contribution in [2.75, 3.05) is 27.3 Å². The average Bonchev–Trinajstić information content (AvgIpc) is 3.06. The zero-order chi connectivity index (χ0) is 15.2. The molecule has 22 heavy (non-hydrogen) atoms. The van der Waals surface area contributed by atoms with Crippen LogP contribution in [-0.4, -0.2) is 44.2 Å². The molecule has 0 aliphatic carbocycles. The van der Waals surface area contributed by atoms with Crippen molar-refractivity contribution in [3.63, 3.8) is 0 Å². The molecule has 0 radical (unpaired) electrons. The molecule has 1 aliphatic rings. The van der Waals surface area contributed by atoms with E-state index in [0.29, 0.717) is 24.6 Å². The van der Waals surface area contributed by atoms with Gasteiger partial charge in [-0.25, -0.2) is 0 Å². The van der Waals surface area contributed by atoms with E-state index in [4.69, 9.17) is 9.47 Å². The number of benzene rings is 1. The Morgan fingerprint density at radius 1 is 1.32 bits per heavy atom. The Morgan fingerprint density at radius 2 is 2.05 bits per heavy atom. The molecule has 1 aromatic carbocycles. The highest BCUT2D eigenvalue weighted by Gasteiger charge is 2.26. The van der Waals surface area contributed by atoms with Crippen LogP contribution in [-0.2, 0) is 11.3 Å². The van der Waals surface area contributed by atoms with Crippen molar-refractivity contribution in [2.45, 2.75) is 32.4 Å². The summed E-state index contributed by atoms with van der Waals surface area (Å²) in [6.07, 6.45) is 2.01. The first-order valence-electron chi connectivity index (χ1n) is 7.42. The summed E-state index contributed by atoms with van der Waals surface area (Å²) in [7, 11) is 3.23. The highest BCUT2D eigenvalue weighted by atomic mass is 35.5. The normalized spacial score (nSPS) is 16.8. The fraction of sp³-hybridized carbons (Fsp3) is 0.562. The number of hydrogen-bond donors (Lipinski definition) is 1. The summed E-state index contributed by atoms with van der Waals surface area (Å²) in [5, 5.41) is 3.26. The molecular formula is C16H25ClN2O3. The Hall–Kier alpha value is -1.46. The van der Waals surface area contributed by atoms with Crippen LogP contribution < -0.4 is 14.8 Å². The maximum absolute atomic E-state index is 12.5. The number of nitrogens with zero attached hydrogens (tertiary/aromatic N) is 1. The van der Waals surface area contributed by atoms with Crippen molar-refractivity contribution in [3.8, 4) is 11.5 Å². The van der Waals surface area contributed by atoms with E-state index in [1.54, 1.807) is 14.2 Å². The van der Waals surface area contributed by atoms with Crippen LogP contribution in [0.2, 0.25) is 0 Å². The number of methoxy groups -OCH3 is 2. The Bertz CT molecular complexity index is 490. The van der Waals surface area contributed by atoms with Gasteiger partial charge in [-0.05, 0) is 44.0 Å². The first-order chi connectivity index (χ1) is 10.2. The number of nitrogens with one attached hydrogen (secondary N) is 1. The van der Waals surface area contributed by atoms with Crippen molar-refractivity contribution in [1.29, 1.82) is 0 Å². The second kappa shape index (κ2) is 8.86. The first-order valence-corrected chi connectivity index (χ1v) is 7.42. The van der Waals surface area contributed by atoms with Gasteiger partial charge in [-0.2, -0.15) is 0 Å². The molecule has 1 atom stereocenters. The summed E-state index contributed by atoms with van der Waals surface area (Å²) in [5.41, 5.74) is 1.04. The van der Waals surface area contributed by atoms with Crippen LogP contribution >= 0.6 is 12.4 Å². The first kappa shape index (κ1) is 18.6. The van der Waals surface area contributed by atoms with Gasteiger partial charge in [0.2, 0.25) is 5.91 Å². The van der Waals surface area contributed by atoms with Gasteiger partial charge in [0.05, 0.1) is 20.3 Å². The third-order valence-electron chi connectivity index (χ3n) is 3.87. The van der Waals surface area contributed by atoms with Crippen molar-refractivity contribution in [2.24, 2.45) is 0 Å². The minimum atomic E-state index is -0.0231. The highest BCUT2D eigenvalue weighted by Crippen LogP contribution is 2.28. The Morgan fingerprint density at radius 3 is 2.59 bits per heavy atom. The van der Waals surface area contributed by atoms with Crippen LogP contribution in [0.15, 0.2) is 18.2 Å². The van der Waals surface area contributed by atoms with Gasteiger partial charge in [0.25, 0.3) is 0 Å². The van der Waals surface area contributed by atoms with E-state index in [9.17, 15) is 4.79 Å². The molecule has 1 aromatic rings. The molecular weight excluding hydrogens is 304 g/mol. The summed E-state index contributed by atoms with van der Waals surface area (Å²) in [6, 6.07) is 5.75. The average molecular weight is 329 g/mol. The number of rotatable bonds is 6. The minimum Gasteiger partial charge on any atom is -0.493 e. The third-order valence-corrected chi connectivity index (χ3v) is 3.87. The van der Waals surface area contributed by atoms with Crippen LogP contribution in [0.25, 0.3) is 0 Å². The second-order valence-electron chi connectivity index (χ2n) is 5.19. The largest absolute Gasteiger partial charge is 0.493 e. The van der Waals surface area contributed by atoms with Gasteiger partial charge >= 0.3 is 0 Å². The van der Waals surface area contributed by atoms with E-state index in [2.05, 4.69) is 5.32 Å². The lowest BCUT2D eigenvalue weighted by Gasteiger charge is -2.24. The predicted molar refractivity (Wildman–Crippen MR) is 88.9 cm³/mol. The monoisotopic (exact) mass is 328 g/mol. The van der Waals surface area contributed by atoms with Crippen LogP contribution in [0.1, 0.15) is 25.3 Å². The number of likely N-dealkylation sites (N-methyl/N-ethyl adjacent to an activating group) is 1. The molecule has 0 saturated carbocycles. The van der Waals surface area contributed by atoms with E-state index >= 15 is 0 Å². The second-order valence-corrected chi connectivity index (χ2v) is 5.19. The standard InChI is InChI=1S/C16H24N2O3.ClH/c1-4-18(16(19)13-6-5-9-17-13)11-12-7-8-14(20-2)15(10-12)21-3;/h7-8,10,13,17H,4-6,9,11H2,1-3H3;1H. The molecule has 1 N–H and O–H groups in total. The molecule has 1 unspecified atom stereocenters. The lowest BCUT2D eigenvalue weighted by molar-refractivity contribution is -0.133. The van der Waals surface area contributed by atoms with E-state index in [-0.39, 0.29) is 24.4 Å². The number of ether oxygens (including phenoxy) is 2. The van der Waals surface area contributed by atoms with Gasteiger partial charge in [0.1, 0.15) is 0 Å². The number of carbonyl (C=O) groups is 1. The third kappa shape index (κ3) is 4.27. The molecule has 2 rings (SSSR count). The van der Waals surface area contributed by atoms with Gasteiger partial charge in [-0.15, -0.1) is 12.4 Å². The van der Waals surface area contributed by atoms with E-state index in [1.807, 2.05) is 30.0 Å². The Kier molecular flexibility index (Phi) is 7.48. The number of hydrogen-bond acceptors (Lipinski definition) is 4. The molecule has 1 saturated heterocycles. The summed E-state index contributed by atoms with van der Waals surface area (Å²) < 4.78 is 10.5. The zero-order valence-electron chi connectivity index (χ0n) is 13.4. The summed E-state index contributed by atoms with van der Waals surface area (Å²) >= 11 is 0. The van der Waals surface area contributed by atoms with Gasteiger partial charge < -0.3 is 19.7 Å². The predicted octanol–water partition coefficient (Wildman–Crippen LogP) is 2.23. The van der Waals surface area contributed by atoms with Gasteiger partial charge in [0.15, 0.2) is 11.5 Å². The van der Waals surface area contributed by atoms with E-state index in [0.717, 1.165) is 24.9 Å².